The summed E-state index contributed by atoms with van der Waals surface area (Å²) in [7, 11) is 0. The van der Waals surface area contributed by atoms with E-state index in [1.165, 1.54) is 0 Å². The van der Waals surface area contributed by atoms with Crippen molar-refractivity contribution in [3.05, 3.63) is 12.2 Å². The molecule has 0 amide bonds. The Kier molecular flexibility index (Phi) is 4.75. The van der Waals surface area contributed by atoms with E-state index >= 15 is 0 Å². The van der Waals surface area contributed by atoms with Gasteiger partial charge in [-0.05, 0) is 19.3 Å². The summed E-state index contributed by atoms with van der Waals surface area (Å²) in [5.41, 5.74) is 1.08. The van der Waals surface area contributed by atoms with E-state index < -0.39 is 12.2 Å². The fourth-order valence-corrected chi connectivity index (χ4v) is 2.80. The molecule has 0 aromatic heterocycles. The van der Waals surface area contributed by atoms with Gasteiger partial charge in [0.05, 0.1) is 31.0 Å². The second-order valence-electron chi connectivity index (χ2n) is 5.35. The maximum Gasteiger partial charge on any atom is 0.0967 e. The second-order valence-corrected chi connectivity index (χ2v) is 5.35. The summed E-state index contributed by atoms with van der Waals surface area (Å²) in [5, 5.41) is 32.6. The molecule has 1 aliphatic carbocycles. The SMILES string of the molecule is C=C1CCC(O)C(C(O)C2CNC[C@@H](CO)O2)C1. The number of ether oxygens (including phenoxy) is 1. The van der Waals surface area contributed by atoms with Crippen LogP contribution in [0.2, 0.25) is 0 Å². The Balaban J connectivity index is 1.96. The van der Waals surface area contributed by atoms with Crippen molar-refractivity contribution in [2.75, 3.05) is 19.7 Å². The summed E-state index contributed by atoms with van der Waals surface area (Å²) in [5.74, 6) is -0.213. The largest absolute Gasteiger partial charge is 0.394 e. The summed E-state index contributed by atoms with van der Waals surface area (Å²) < 4.78 is 5.63. The van der Waals surface area contributed by atoms with Crippen LogP contribution in [0.3, 0.4) is 0 Å². The Morgan fingerprint density at radius 1 is 1.44 bits per heavy atom. The molecule has 104 valence electrons. The standard InChI is InChI=1S/C13H23NO4/c1-8-2-3-11(16)10(4-8)13(17)12-6-14-5-9(7-15)18-12/h9-17H,1-7H2/t9-,10?,11?,12?,13?/m0/s1. The van der Waals surface area contributed by atoms with E-state index in [9.17, 15) is 10.2 Å². The first-order chi connectivity index (χ1) is 8.61. The van der Waals surface area contributed by atoms with Gasteiger partial charge in [0.15, 0.2) is 0 Å². The molecule has 4 N–H and O–H groups in total. The van der Waals surface area contributed by atoms with Crippen molar-refractivity contribution in [1.29, 1.82) is 0 Å². The second kappa shape index (κ2) is 6.12. The van der Waals surface area contributed by atoms with Crippen LogP contribution in [0.4, 0.5) is 0 Å². The fraction of sp³-hybridized carbons (Fsp3) is 0.846. The molecule has 5 nitrogen and oxygen atoms in total. The zero-order valence-electron chi connectivity index (χ0n) is 10.6. The molecule has 18 heavy (non-hydrogen) atoms. The maximum absolute atomic E-state index is 10.4. The van der Waals surface area contributed by atoms with Gasteiger partial charge in [0.25, 0.3) is 0 Å². The molecule has 0 spiro atoms. The lowest BCUT2D eigenvalue weighted by molar-refractivity contribution is -0.137. The minimum absolute atomic E-state index is 0.0594. The van der Waals surface area contributed by atoms with Crippen LogP contribution in [0.15, 0.2) is 12.2 Å². The van der Waals surface area contributed by atoms with Crippen LogP contribution in [0.1, 0.15) is 19.3 Å². The van der Waals surface area contributed by atoms with Gasteiger partial charge in [-0.15, -0.1) is 0 Å². The number of nitrogens with one attached hydrogen (secondary N) is 1. The Morgan fingerprint density at radius 2 is 2.22 bits per heavy atom. The first kappa shape index (κ1) is 14.0. The monoisotopic (exact) mass is 257 g/mol. The lowest BCUT2D eigenvalue weighted by Crippen LogP contribution is -2.54. The molecule has 0 aromatic rings. The molecule has 1 heterocycles. The van der Waals surface area contributed by atoms with E-state index in [1.54, 1.807) is 0 Å². The highest BCUT2D eigenvalue weighted by Gasteiger charge is 2.37. The first-order valence-corrected chi connectivity index (χ1v) is 6.61. The van der Waals surface area contributed by atoms with Gasteiger partial charge in [0.2, 0.25) is 0 Å². The molecular formula is C13H23NO4. The van der Waals surface area contributed by atoms with E-state index in [4.69, 9.17) is 9.84 Å². The number of aliphatic hydroxyl groups is 3. The van der Waals surface area contributed by atoms with Crippen LogP contribution in [-0.2, 0) is 4.74 Å². The van der Waals surface area contributed by atoms with E-state index in [0.29, 0.717) is 25.9 Å². The zero-order chi connectivity index (χ0) is 13.1. The van der Waals surface area contributed by atoms with Gasteiger partial charge in [-0.1, -0.05) is 12.2 Å². The van der Waals surface area contributed by atoms with Gasteiger partial charge in [0.1, 0.15) is 0 Å². The smallest absolute Gasteiger partial charge is 0.0967 e. The molecule has 0 bridgehead atoms. The Hall–Kier alpha value is -0.460. The van der Waals surface area contributed by atoms with Crippen LogP contribution in [-0.4, -0.2) is 59.4 Å². The molecule has 4 unspecified atom stereocenters. The van der Waals surface area contributed by atoms with Crippen LogP contribution >= 0.6 is 0 Å². The van der Waals surface area contributed by atoms with Crippen LogP contribution < -0.4 is 5.32 Å². The third-order valence-corrected chi connectivity index (χ3v) is 3.92. The summed E-state index contributed by atoms with van der Waals surface area (Å²) in [6.07, 6.45) is 0.259. The fourth-order valence-electron chi connectivity index (χ4n) is 2.80. The Bertz CT molecular complexity index is 297. The molecule has 5 heteroatoms. The number of morpholine rings is 1. The third-order valence-electron chi connectivity index (χ3n) is 3.92. The number of aliphatic hydroxyl groups excluding tert-OH is 3. The quantitative estimate of drug-likeness (QED) is 0.508. The number of allylic oxidation sites excluding steroid dienone is 1. The lowest BCUT2D eigenvalue weighted by Gasteiger charge is -2.39. The topological polar surface area (TPSA) is 82.0 Å². The lowest BCUT2D eigenvalue weighted by atomic mass is 9.79. The van der Waals surface area contributed by atoms with E-state index in [-0.39, 0.29) is 24.7 Å². The number of rotatable bonds is 3. The number of hydrogen-bond donors (Lipinski definition) is 4. The van der Waals surface area contributed by atoms with E-state index in [0.717, 1.165) is 12.0 Å². The maximum atomic E-state index is 10.4. The summed E-state index contributed by atoms with van der Waals surface area (Å²) in [6.45, 7) is 5.03. The summed E-state index contributed by atoms with van der Waals surface area (Å²) >= 11 is 0. The summed E-state index contributed by atoms with van der Waals surface area (Å²) in [4.78, 5) is 0. The van der Waals surface area contributed by atoms with Crippen molar-refractivity contribution in [2.24, 2.45) is 5.92 Å². The van der Waals surface area contributed by atoms with Crippen molar-refractivity contribution >= 4 is 0 Å². The molecule has 0 radical (unpaired) electrons. The van der Waals surface area contributed by atoms with E-state index in [1.807, 2.05) is 0 Å². The van der Waals surface area contributed by atoms with Crippen molar-refractivity contribution in [2.45, 2.75) is 43.7 Å². The van der Waals surface area contributed by atoms with Crippen molar-refractivity contribution < 1.29 is 20.1 Å². The molecule has 0 aromatic carbocycles. The molecule has 2 fully saturated rings. The highest BCUT2D eigenvalue weighted by molar-refractivity contribution is 5.04. The molecule has 1 saturated heterocycles. The molecule has 2 rings (SSSR count). The summed E-state index contributed by atoms with van der Waals surface area (Å²) in [6, 6.07) is 0. The van der Waals surface area contributed by atoms with Gasteiger partial charge < -0.3 is 25.4 Å². The Labute approximate surface area is 107 Å². The van der Waals surface area contributed by atoms with Crippen molar-refractivity contribution in [3.63, 3.8) is 0 Å². The average molecular weight is 257 g/mol. The van der Waals surface area contributed by atoms with Gasteiger partial charge >= 0.3 is 0 Å². The molecule has 5 atom stereocenters. The number of hydrogen-bond acceptors (Lipinski definition) is 5. The molecule has 2 aliphatic rings. The van der Waals surface area contributed by atoms with Crippen LogP contribution in [0.25, 0.3) is 0 Å². The first-order valence-electron chi connectivity index (χ1n) is 6.61. The minimum atomic E-state index is -0.723. The molecule has 1 aliphatic heterocycles. The van der Waals surface area contributed by atoms with Crippen molar-refractivity contribution in [1.82, 2.24) is 5.32 Å². The third kappa shape index (κ3) is 3.10. The van der Waals surface area contributed by atoms with Gasteiger partial charge in [-0.2, -0.15) is 0 Å². The van der Waals surface area contributed by atoms with Crippen LogP contribution in [0, 0.1) is 5.92 Å². The van der Waals surface area contributed by atoms with Gasteiger partial charge in [0, 0.05) is 19.0 Å². The zero-order valence-corrected chi connectivity index (χ0v) is 10.6. The van der Waals surface area contributed by atoms with E-state index in [2.05, 4.69) is 11.9 Å². The average Bonchev–Trinajstić information content (AvgIpc) is 2.41. The van der Waals surface area contributed by atoms with Gasteiger partial charge in [-0.25, -0.2) is 0 Å². The molecular weight excluding hydrogens is 234 g/mol. The normalized spacial score (nSPS) is 39.6. The van der Waals surface area contributed by atoms with Crippen molar-refractivity contribution in [3.8, 4) is 0 Å². The minimum Gasteiger partial charge on any atom is -0.394 e. The highest BCUT2D eigenvalue weighted by atomic mass is 16.5. The predicted octanol–water partition coefficient (Wildman–Crippen LogP) is -0.586. The predicted molar refractivity (Wildman–Crippen MR) is 67.1 cm³/mol. The van der Waals surface area contributed by atoms with Crippen LogP contribution in [0.5, 0.6) is 0 Å². The highest BCUT2D eigenvalue weighted by Crippen LogP contribution is 2.32. The van der Waals surface area contributed by atoms with Gasteiger partial charge in [-0.3, -0.25) is 0 Å². The molecule has 1 saturated carbocycles. The Morgan fingerprint density at radius 3 is 2.94 bits per heavy atom.